The van der Waals surface area contributed by atoms with Crippen molar-refractivity contribution in [3.8, 4) is 0 Å². The molecule has 1 saturated heterocycles. The molecule has 0 aromatic rings. The van der Waals surface area contributed by atoms with Gasteiger partial charge in [-0.05, 0) is 26.3 Å². The molecule has 0 spiro atoms. The van der Waals surface area contributed by atoms with Gasteiger partial charge in [0.2, 0.25) is 10.0 Å². The van der Waals surface area contributed by atoms with E-state index in [1.807, 2.05) is 0 Å². The second-order valence-corrected chi connectivity index (χ2v) is 5.91. The van der Waals surface area contributed by atoms with E-state index in [9.17, 15) is 13.2 Å². The van der Waals surface area contributed by atoms with E-state index in [1.165, 1.54) is 0 Å². The Balaban J connectivity index is 2.32. The number of carbonyl (C=O) groups excluding carboxylic acids is 1. The molecule has 1 aliphatic heterocycles. The van der Waals surface area contributed by atoms with Gasteiger partial charge in [-0.2, -0.15) is 0 Å². The number of sulfonamides is 1. The summed E-state index contributed by atoms with van der Waals surface area (Å²) in [6.45, 7) is 3.55. The van der Waals surface area contributed by atoms with Gasteiger partial charge in [0.1, 0.15) is 0 Å². The van der Waals surface area contributed by atoms with E-state index < -0.39 is 16.0 Å². The molecule has 0 amide bonds. The summed E-state index contributed by atoms with van der Waals surface area (Å²) in [5.41, 5.74) is 0. The molecule has 17 heavy (non-hydrogen) atoms. The minimum absolute atomic E-state index is 0.0593. The summed E-state index contributed by atoms with van der Waals surface area (Å²) < 4.78 is 30.6. The Morgan fingerprint density at radius 1 is 1.53 bits per heavy atom. The second-order valence-electron chi connectivity index (χ2n) is 4.04. The van der Waals surface area contributed by atoms with Crippen LogP contribution >= 0.6 is 0 Å². The predicted octanol–water partition coefficient (Wildman–Crippen LogP) is -0.389. The molecular weight excluding hydrogens is 244 g/mol. The highest BCUT2D eigenvalue weighted by Gasteiger charge is 2.20. The predicted molar refractivity (Wildman–Crippen MR) is 64.1 cm³/mol. The first-order valence-corrected chi connectivity index (χ1v) is 7.55. The first-order valence-electron chi connectivity index (χ1n) is 5.90. The third-order valence-electron chi connectivity index (χ3n) is 2.52. The molecule has 1 atom stereocenters. The van der Waals surface area contributed by atoms with Gasteiger partial charge in [-0.25, -0.2) is 13.1 Å². The van der Waals surface area contributed by atoms with Crippen LogP contribution in [0.5, 0.6) is 0 Å². The zero-order valence-corrected chi connectivity index (χ0v) is 10.9. The quantitative estimate of drug-likeness (QED) is 0.638. The molecule has 0 aromatic heterocycles. The lowest BCUT2D eigenvalue weighted by Gasteiger charge is -2.23. The molecule has 1 fully saturated rings. The highest BCUT2D eigenvalue weighted by molar-refractivity contribution is 7.89. The Morgan fingerprint density at radius 3 is 2.88 bits per heavy atom. The van der Waals surface area contributed by atoms with Crippen molar-refractivity contribution in [1.82, 2.24) is 10.0 Å². The van der Waals surface area contributed by atoms with Crippen molar-refractivity contribution in [2.24, 2.45) is 0 Å². The Morgan fingerprint density at radius 2 is 2.29 bits per heavy atom. The first-order chi connectivity index (χ1) is 8.03. The third kappa shape index (κ3) is 5.99. The van der Waals surface area contributed by atoms with Crippen LogP contribution in [-0.4, -0.2) is 45.9 Å². The molecule has 6 nitrogen and oxygen atoms in total. The minimum Gasteiger partial charge on any atom is -0.466 e. The monoisotopic (exact) mass is 264 g/mol. The maximum absolute atomic E-state index is 11.7. The number of rotatable bonds is 6. The maximum atomic E-state index is 11.7. The number of esters is 1. The zero-order chi connectivity index (χ0) is 12.7. The fraction of sp³-hybridized carbons (Fsp3) is 0.900. The van der Waals surface area contributed by atoms with Crippen molar-refractivity contribution in [3.05, 3.63) is 0 Å². The van der Waals surface area contributed by atoms with E-state index in [0.717, 1.165) is 19.4 Å². The number of hydrogen-bond donors (Lipinski definition) is 2. The number of nitrogens with one attached hydrogen (secondary N) is 2. The van der Waals surface area contributed by atoms with E-state index in [4.69, 9.17) is 0 Å². The normalized spacial score (nSPS) is 21.1. The number of ether oxygens (including phenoxy) is 1. The van der Waals surface area contributed by atoms with Crippen LogP contribution in [0.1, 0.15) is 26.2 Å². The molecule has 2 N–H and O–H groups in total. The summed E-state index contributed by atoms with van der Waals surface area (Å²) in [4.78, 5) is 11.1. The topological polar surface area (TPSA) is 84.5 Å². The van der Waals surface area contributed by atoms with E-state index in [0.29, 0.717) is 6.54 Å². The number of carbonyl (C=O) groups is 1. The Bertz CT molecular complexity index is 336. The van der Waals surface area contributed by atoms with Crippen LogP contribution < -0.4 is 10.0 Å². The lowest BCUT2D eigenvalue weighted by molar-refractivity contribution is -0.142. The van der Waals surface area contributed by atoms with E-state index in [1.54, 1.807) is 6.92 Å². The Hall–Kier alpha value is -0.660. The van der Waals surface area contributed by atoms with Crippen LogP contribution in [0.3, 0.4) is 0 Å². The molecular formula is C10H20N2O4S. The molecule has 0 aromatic carbocycles. The third-order valence-corrected chi connectivity index (χ3v) is 3.96. The van der Waals surface area contributed by atoms with Crippen LogP contribution in [0.25, 0.3) is 0 Å². The smallest absolute Gasteiger partial charge is 0.306 e. The fourth-order valence-corrected chi connectivity index (χ4v) is 2.98. The van der Waals surface area contributed by atoms with Gasteiger partial charge in [-0.1, -0.05) is 0 Å². The van der Waals surface area contributed by atoms with Crippen molar-refractivity contribution >= 4 is 16.0 Å². The van der Waals surface area contributed by atoms with E-state index >= 15 is 0 Å². The molecule has 1 rings (SSSR count). The van der Waals surface area contributed by atoms with Gasteiger partial charge in [0.05, 0.1) is 18.8 Å². The van der Waals surface area contributed by atoms with Crippen molar-refractivity contribution in [2.45, 2.75) is 32.2 Å². The second kappa shape index (κ2) is 6.93. The first kappa shape index (κ1) is 14.4. The molecule has 1 unspecified atom stereocenters. The van der Waals surface area contributed by atoms with E-state index in [2.05, 4.69) is 14.8 Å². The van der Waals surface area contributed by atoms with Gasteiger partial charge >= 0.3 is 5.97 Å². The molecule has 0 radical (unpaired) electrons. The van der Waals surface area contributed by atoms with Crippen LogP contribution in [-0.2, 0) is 19.6 Å². The van der Waals surface area contributed by atoms with Gasteiger partial charge < -0.3 is 10.1 Å². The molecule has 1 heterocycles. The summed E-state index contributed by atoms with van der Waals surface area (Å²) in [5, 5.41) is 3.12. The Kier molecular flexibility index (Phi) is 5.87. The van der Waals surface area contributed by atoms with Gasteiger partial charge in [0, 0.05) is 12.6 Å². The molecule has 0 aliphatic carbocycles. The molecule has 0 bridgehead atoms. The van der Waals surface area contributed by atoms with Gasteiger partial charge in [0.15, 0.2) is 0 Å². The molecule has 100 valence electrons. The molecule has 7 heteroatoms. The van der Waals surface area contributed by atoms with E-state index in [-0.39, 0.29) is 24.8 Å². The SMILES string of the molecule is CCOC(=O)CCS(=O)(=O)NC1CCCNC1. The van der Waals surface area contributed by atoms with Crippen LogP contribution in [0.2, 0.25) is 0 Å². The zero-order valence-electron chi connectivity index (χ0n) is 10.1. The van der Waals surface area contributed by atoms with Crippen LogP contribution in [0.4, 0.5) is 0 Å². The van der Waals surface area contributed by atoms with Crippen molar-refractivity contribution in [2.75, 3.05) is 25.4 Å². The summed E-state index contributed by atoms with van der Waals surface area (Å²) in [7, 11) is -3.39. The number of hydrogen-bond acceptors (Lipinski definition) is 5. The van der Waals surface area contributed by atoms with Gasteiger partial charge in [0.25, 0.3) is 0 Å². The standard InChI is InChI=1S/C10H20N2O4S/c1-2-16-10(13)5-7-17(14,15)12-9-4-3-6-11-8-9/h9,11-12H,2-8H2,1H3. The molecule has 0 saturated carbocycles. The van der Waals surface area contributed by atoms with Crippen molar-refractivity contribution in [3.63, 3.8) is 0 Å². The van der Waals surface area contributed by atoms with Crippen molar-refractivity contribution in [1.29, 1.82) is 0 Å². The minimum atomic E-state index is -3.39. The summed E-state index contributed by atoms with van der Waals surface area (Å²) in [5.74, 6) is -0.679. The maximum Gasteiger partial charge on any atom is 0.306 e. The lowest BCUT2D eigenvalue weighted by atomic mass is 10.1. The van der Waals surface area contributed by atoms with Crippen LogP contribution in [0, 0.1) is 0 Å². The van der Waals surface area contributed by atoms with Crippen LogP contribution in [0.15, 0.2) is 0 Å². The summed E-state index contributed by atoms with van der Waals surface area (Å²) >= 11 is 0. The Labute approximate surface area is 102 Å². The summed E-state index contributed by atoms with van der Waals surface area (Å²) in [6.07, 6.45) is 1.71. The highest BCUT2D eigenvalue weighted by Crippen LogP contribution is 2.04. The number of piperidine rings is 1. The van der Waals surface area contributed by atoms with Gasteiger partial charge in [-0.3, -0.25) is 4.79 Å². The lowest BCUT2D eigenvalue weighted by Crippen LogP contribution is -2.46. The average Bonchev–Trinajstić information content (AvgIpc) is 2.28. The van der Waals surface area contributed by atoms with Gasteiger partial charge in [-0.15, -0.1) is 0 Å². The largest absolute Gasteiger partial charge is 0.466 e. The molecule has 1 aliphatic rings. The fourth-order valence-electron chi connectivity index (χ4n) is 1.72. The summed E-state index contributed by atoms with van der Waals surface area (Å²) in [6, 6.07) is -0.0593. The van der Waals surface area contributed by atoms with Crippen molar-refractivity contribution < 1.29 is 17.9 Å². The average molecular weight is 264 g/mol. The highest BCUT2D eigenvalue weighted by atomic mass is 32.2.